The molecule has 1 aliphatic rings. The fourth-order valence-corrected chi connectivity index (χ4v) is 4.46. The standard InChI is InChI=1S/C24H24N6O4S/c1-3-24(17-7-5-4-6-8-17)21(33)30(22(34)27-24)28-20(32)16-9-11-18(12-10-16)26-19(31)15-35-23-25-13-14-29(23)2/h4-14H,3,15H2,1-2H3,(H,26,31)(H,27,34)(H,28,32)/t24-/m0/s1. The van der Waals surface area contributed by atoms with Gasteiger partial charge in [-0.2, -0.15) is 5.01 Å². The number of anilines is 1. The SMILES string of the molecule is CC[C@@]1(c2ccccc2)NC(=O)N(NC(=O)c2ccc(NC(=O)CSc3nccn3C)cc2)C1=O. The number of imidazole rings is 1. The molecule has 1 aromatic heterocycles. The summed E-state index contributed by atoms with van der Waals surface area (Å²) >= 11 is 1.31. The van der Waals surface area contributed by atoms with E-state index in [9.17, 15) is 19.2 Å². The molecule has 0 bridgehead atoms. The molecule has 3 aromatic rings. The third-order valence-electron chi connectivity index (χ3n) is 5.64. The van der Waals surface area contributed by atoms with E-state index in [1.807, 2.05) is 17.7 Å². The van der Waals surface area contributed by atoms with Crippen LogP contribution in [-0.2, 0) is 22.2 Å². The zero-order valence-corrected chi connectivity index (χ0v) is 20.0. The van der Waals surface area contributed by atoms with Gasteiger partial charge in [0.2, 0.25) is 5.91 Å². The minimum atomic E-state index is -1.24. The van der Waals surface area contributed by atoms with Crippen LogP contribution in [0.1, 0.15) is 29.3 Å². The van der Waals surface area contributed by atoms with Gasteiger partial charge in [0.25, 0.3) is 11.8 Å². The second-order valence-corrected chi connectivity index (χ2v) is 8.81. The number of imide groups is 1. The number of hydrogen-bond acceptors (Lipinski definition) is 6. The molecule has 0 spiro atoms. The highest BCUT2D eigenvalue weighted by molar-refractivity contribution is 7.99. The molecular weight excluding hydrogens is 468 g/mol. The van der Waals surface area contributed by atoms with Crippen LogP contribution in [0, 0.1) is 0 Å². The quantitative estimate of drug-likeness (QED) is 0.328. The Kier molecular flexibility index (Phi) is 6.87. The van der Waals surface area contributed by atoms with E-state index in [0.29, 0.717) is 22.7 Å². The lowest BCUT2D eigenvalue weighted by atomic mass is 9.87. The topological polar surface area (TPSA) is 125 Å². The fraction of sp³-hybridized carbons (Fsp3) is 0.208. The molecule has 1 saturated heterocycles. The second kappa shape index (κ2) is 10.0. The molecule has 1 aliphatic heterocycles. The molecule has 180 valence electrons. The Labute approximate surface area is 206 Å². The Morgan fingerprint density at radius 3 is 2.43 bits per heavy atom. The summed E-state index contributed by atoms with van der Waals surface area (Å²) in [6.07, 6.45) is 3.78. The van der Waals surface area contributed by atoms with Crippen molar-refractivity contribution in [3.8, 4) is 0 Å². The number of hydrazine groups is 1. The van der Waals surface area contributed by atoms with Crippen LogP contribution in [0.2, 0.25) is 0 Å². The Morgan fingerprint density at radius 1 is 1.09 bits per heavy atom. The summed E-state index contributed by atoms with van der Waals surface area (Å²) in [7, 11) is 1.85. The second-order valence-electron chi connectivity index (χ2n) is 7.87. The number of hydrogen-bond donors (Lipinski definition) is 3. The fourth-order valence-electron chi connectivity index (χ4n) is 3.73. The van der Waals surface area contributed by atoms with E-state index >= 15 is 0 Å². The van der Waals surface area contributed by atoms with E-state index in [2.05, 4.69) is 21.0 Å². The van der Waals surface area contributed by atoms with Crippen molar-refractivity contribution in [2.75, 3.05) is 11.1 Å². The Balaban J connectivity index is 1.37. The molecular formula is C24H24N6O4S. The van der Waals surface area contributed by atoms with E-state index in [4.69, 9.17) is 0 Å². The highest BCUT2D eigenvalue weighted by Gasteiger charge is 2.52. The lowest BCUT2D eigenvalue weighted by Crippen LogP contribution is -2.48. The lowest BCUT2D eigenvalue weighted by molar-refractivity contribution is -0.133. The van der Waals surface area contributed by atoms with Crippen molar-refractivity contribution in [3.05, 3.63) is 78.1 Å². The van der Waals surface area contributed by atoms with E-state index in [1.165, 1.54) is 23.9 Å². The lowest BCUT2D eigenvalue weighted by Gasteiger charge is -2.25. The van der Waals surface area contributed by atoms with Crippen molar-refractivity contribution in [2.45, 2.75) is 24.0 Å². The molecule has 0 unspecified atom stereocenters. The van der Waals surface area contributed by atoms with Gasteiger partial charge < -0.3 is 15.2 Å². The van der Waals surface area contributed by atoms with Crippen LogP contribution in [0.5, 0.6) is 0 Å². The molecule has 2 aromatic carbocycles. The summed E-state index contributed by atoms with van der Waals surface area (Å²) < 4.78 is 1.82. The Morgan fingerprint density at radius 2 is 1.80 bits per heavy atom. The van der Waals surface area contributed by atoms with Crippen LogP contribution < -0.4 is 16.1 Å². The Bertz CT molecular complexity index is 1260. The number of carbonyl (C=O) groups excluding carboxylic acids is 4. The molecule has 35 heavy (non-hydrogen) atoms. The maximum absolute atomic E-state index is 13.2. The van der Waals surface area contributed by atoms with Crippen molar-refractivity contribution in [3.63, 3.8) is 0 Å². The zero-order valence-electron chi connectivity index (χ0n) is 19.1. The monoisotopic (exact) mass is 492 g/mol. The van der Waals surface area contributed by atoms with Gasteiger partial charge in [-0.05, 0) is 36.2 Å². The van der Waals surface area contributed by atoms with E-state index in [0.717, 1.165) is 5.16 Å². The van der Waals surface area contributed by atoms with Gasteiger partial charge in [0.15, 0.2) is 5.16 Å². The molecule has 11 heteroatoms. The number of aryl methyl sites for hydroxylation is 1. The molecule has 4 rings (SSSR count). The van der Waals surface area contributed by atoms with Gasteiger partial charge in [-0.1, -0.05) is 49.0 Å². The molecule has 5 amide bonds. The van der Waals surface area contributed by atoms with Crippen LogP contribution in [0.25, 0.3) is 0 Å². The van der Waals surface area contributed by atoms with Gasteiger partial charge in [-0.15, -0.1) is 0 Å². The normalized spacial score (nSPS) is 17.3. The number of amides is 5. The van der Waals surface area contributed by atoms with Crippen LogP contribution in [-0.4, -0.2) is 44.1 Å². The van der Waals surface area contributed by atoms with E-state index in [1.54, 1.807) is 55.7 Å². The molecule has 0 aliphatic carbocycles. The van der Waals surface area contributed by atoms with Crippen molar-refractivity contribution in [2.24, 2.45) is 7.05 Å². The molecule has 0 radical (unpaired) electrons. The maximum Gasteiger partial charge on any atom is 0.344 e. The highest BCUT2D eigenvalue weighted by atomic mass is 32.2. The molecule has 1 fully saturated rings. The average Bonchev–Trinajstić information content (AvgIpc) is 3.39. The van der Waals surface area contributed by atoms with Crippen molar-refractivity contribution in [1.82, 2.24) is 25.3 Å². The molecule has 0 saturated carbocycles. The van der Waals surface area contributed by atoms with Crippen LogP contribution >= 0.6 is 11.8 Å². The van der Waals surface area contributed by atoms with Crippen LogP contribution in [0.15, 0.2) is 72.1 Å². The number of aromatic nitrogens is 2. The number of nitrogens with zero attached hydrogens (tertiary/aromatic N) is 3. The molecule has 3 N–H and O–H groups in total. The smallest absolute Gasteiger partial charge is 0.329 e. The van der Waals surface area contributed by atoms with E-state index in [-0.39, 0.29) is 17.2 Å². The summed E-state index contributed by atoms with van der Waals surface area (Å²) in [6, 6.07) is 14.3. The molecule has 1 atom stereocenters. The maximum atomic E-state index is 13.2. The average molecular weight is 493 g/mol. The summed E-state index contributed by atoms with van der Waals surface area (Å²) in [6.45, 7) is 1.79. The van der Waals surface area contributed by atoms with Crippen molar-refractivity contribution >= 4 is 41.2 Å². The first-order chi connectivity index (χ1) is 16.8. The van der Waals surface area contributed by atoms with Gasteiger partial charge in [-0.25, -0.2) is 9.78 Å². The minimum Gasteiger partial charge on any atom is -0.329 e. The van der Waals surface area contributed by atoms with Gasteiger partial charge in [-0.3, -0.25) is 19.8 Å². The molecule has 2 heterocycles. The predicted molar refractivity (Wildman–Crippen MR) is 130 cm³/mol. The number of rotatable bonds is 8. The summed E-state index contributed by atoms with van der Waals surface area (Å²) in [5.74, 6) is -1.22. The first kappa shape index (κ1) is 24.0. The van der Waals surface area contributed by atoms with Crippen LogP contribution in [0.4, 0.5) is 10.5 Å². The largest absolute Gasteiger partial charge is 0.344 e. The number of carbonyl (C=O) groups is 4. The number of benzene rings is 2. The minimum absolute atomic E-state index is 0.180. The highest BCUT2D eigenvalue weighted by Crippen LogP contribution is 2.31. The third kappa shape index (κ3) is 4.90. The number of nitrogens with one attached hydrogen (secondary N) is 3. The third-order valence-corrected chi connectivity index (χ3v) is 6.70. The van der Waals surface area contributed by atoms with Crippen molar-refractivity contribution < 1.29 is 19.2 Å². The Hall–Kier alpha value is -4.12. The molecule has 10 nitrogen and oxygen atoms in total. The summed E-state index contributed by atoms with van der Waals surface area (Å²) in [5.41, 5.74) is 2.51. The van der Waals surface area contributed by atoms with Gasteiger partial charge in [0.05, 0.1) is 5.75 Å². The van der Waals surface area contributed by atoms with Gasteiger partial charge in [0, 0.05) is 30.7 Å². The summed E-state index contributed by atoms with van der Waals surface area (Å²) in [4.78, 5) is 54.8. The number of urea groups is 1. The van der Waals surface area contributed by atoms with Gasteiger partial charge in [0.1, 0.15) is 5.54 Å². The first-order valence-corrected chi connectivity index (χ1v) is 11.9. The number of thioether (sulfide) groups is 1. The van der Waals surface area contributed by atoms with Gasteiger partial charge >= 0.3 is 6.03 Å². The van der Waals surface area contributed by atoms with Crippen LogP contribution in [0.3, 0.4) is 0 Å². The zero-order chi connectivity index (χ0) is 25.0. The first-order valence-electron chi connectivity index (χ1n) is 10.9. The summed E-state index contributed by atoms with van der Waals surface area (Å²) in [5, 5.41) is 6.91. The van der Waals surface area contributed by atoms with Crippen molar-refractivity contribution in [1.29, 1.82) is 0 Å². The predicted octanol–water partition coefficient (Wildman–Crippen LogP) is 2.65. The van der Waals surface area contributed by atoms with E-state index < -0.39 is 23.4 Å².